The van der Waals surface area contributed by atoms with E-state index in [2.05, 4.69) is 44.9 Å². The number of hydrogen-bond acceptors (Lipinski definition) is 4. The number of hydrogen-bond donors (Lipinski definition) is 1. The van der Waals surface area contributed by atoms with Crippen LogP contribution in [0, 0.1) is 0 Å². The molecule has 1 aromatic heterocycles. The third kappa shape index (κ3) is 6.43. The van der Waals surface area contributed by atoms with Crippen LogP contribution in [0.2, 0.25) is 0 Å². The molecule has 0 aromatic carbocycles. The van der Waals surface area contributed by atoms with Crippen molar-refractivity contribution in [2.75, 3.05) is 0 Å². The van der Waals surface area contributed by atoms with Crippen LogP contribution in [0.25, 0.3) is 0 Å². The molecule has 0 fully saturated rings. The van der Waals surface area contributed by atoms with Gasteiger partial charge in [0.15, 0.2) is 0 Å². The Balaban J connectivity index is 2.37. The van der Waals surface area contributed by atoms with Gasteiger partial charge in [-0.3, -0.25) is 0 Å². The van der Waals surface area contributed by atoms with Crippen LogP contribution in [0.15, 0.2) is 6.20 Å². The predicted octanol–water partition coefficient (Wildman–Crippen LogP) is 4.06. The van der Waals surface area contributed by atoms with Crippen molar-refractivity contribution in [2.24, 2.45) is 0 Å². The van der Waals surface area contributed by atoms with E-state index < -0.39 is 0 Å². The lowest BCUT2D eigenvalue weighted by Gasteiger charge is -2.19. The van der Waals surface area contributed by atoms with Gasteiger partial charge in [0.25, 0.3) is 0 Å². The molecule has 0 saturated carbocycles. The molecule has 17 heavy (non-hydrogen) atoms. The van der Waals surface area contributed by atoms with Gasteiger partial charge in [-0.25, -0.2) is 4.98 Å². The van der Waals surface area contributed by atoms with Crippen LogP contribution in [-0.2, 0) is 12.3 Å². The van der Waals surface area contributed by atoms with Gasteiger partial charge in [-0.2, -0.15) is 11.8 Å². The van der Waals surface area contributed by atoms with E-state index in [4.69, 9.17) is 0 Å². The Morgan fingerprint density at radius 2 is 2.18 bits per heavy atom. The largest absolute Gasteiger partial charge is 0.307 e. The normalized spacial score (nSPS) is 13.9. The highest BCUT2D eigenvalue weighted by atomic mass is 32.2. The molecule has 4 heteroatoms. The van der Waals surface area contributed by atoms with Crippen LogP contribution in [0.4, 0.5) is 0 Å². The Bertz CT molecular complexity index is 328. The summed E-state index contributed by atoms with van der Waals surface area (Å²) in [5, 5.41) is 5.47. The molecule has 0 radical (unpaired) electrons. The van der Waals surface area contributed by atoms with Crippen LogP contribution < -0.4 is 5.32 Å². The highest BCUT2D eigenvalue weighted by molar-refractivity contribution is 7.99. The van der Waals surface area contributed by atoms with Gasteiger partial charge in [0.05, 0.1) is 0 Å². The van der Waals surface area contributed by atoms with Gasteiger partial charge in [-0.1, -0.05) is 13.8 Å². The Kier molecular flexibility index (Phi) is 5.97. The first kappa shape index (κ1) is 15.0. The second-order valence-electron chi connectivity index (χ2n) is 5.35. The van der Waals surface area contributed by atoms with E-state index in [1.165, 1.54) is 16.3 Å². The number of nitrogens with zero attached hydrogens (tertiary/aromatic N) is 1. The van der Waals surface area contributed by atoms with Gasteiger partial charge in [0.1, 0.15) is 5.01 Å². The van der Waals surface area contributed by atoms with Gasteiger partial charge in [0, 0.05) is 34.2 Å². The van der Waals surface area contributed by atoms with Crippen molar-refractivity contribution in [2.45, 2.75) is 64.1 Å². The molecule has 0 saturated heterocycles. The lowest BCUT2D eigenvalue weighted by Crippen LogP contribution is -2.34. The molecule has 0 bridgehead atoms. The Labute approximate surface area is 114 Å². The molecule has 0 aliphatic carbocycles. The highest BCUT2D eigenvalue weighted by Gasteiger charge is 2.10. The van der Waals surface area contributed by atoms with E-state index in [0.29, 0.717) is 0 Å². The van der Waals surface area contributed by atoms with Crippen molar-refractivity contribution in [3.63, 3.8) is 0 Å². The van der Waals surface area contributed by atoms with E-state index in [1.54, 1.807) is 0 Å². The van der Waals surface area contributed by atoms with Crippen molar-refractivity contribution in [3.05, 3.63) is 16.1 Å². The van der Waals surface area contributed by atoms with Crippen molar-refractivity contribution in [1.29, 1.82) is 0 Å². The number of rotatable bonds is 6. The molecule has 1 unspecified atom stereocenters. The fourth-order valence-corrected chi connectivity index (χ4v) is 3.02. The summed E-state index contributed by atoms with van der Waals surface area (Å²) in [4.78, 5) is 5.81. The molecule has 1 atom stereocenters. The van der Waals surface area contributed by atoms with Crippen molar-refractivity contribution < 1.29 is 0 Å². The molecule has 0 aliphatic heterocycles. The van der Waals surface area contributed by atoms with Gasteiger partial charge >= 0.3 is 0 Å². The summed E-state index contributed by atoms with van der Waals surface area (Å²) in [6.45, 7) is 12.0. The first-order chi connectivity index (χ1) is 7.90. The molecule has 1 N–H and O–H groups in total. The standard InChI is InChI=1S/C13H24N2S2/c1-6-10(2)16-9-12-14-7-11(17-12)8-15-13(3,4)5/h7,10,15H,6,8-9H2,1-5H3. The number of nitrogens with one attached hydrogen (secondary N) is 1. The zero-order valence-electron chi connectivity index (χ0n) is 11.5. The molecule has 98 valence electrons. The Morgan fingerprint density at radius 3 is 2.76 bits per heavy atom. The lowest BCUT2D eigenvalue weighted by atomic mass is 10.1. The van der Waals surface area contributed by atoms with Crippen LogP contribution in [0.3, 0.4) is 0 Å². The fourth-order valence-electron chi connectivity index (χ4n) is 1.18. The Hall–Kier alpha value is -0.0600. The summed E-state index contributed by atoms with van der Waals surface area (Å²) >= 11 is 3.83. The lowest BCUT2D eigenvalue weighted by molar-refractivity contribution is 0.426. The smallest absolute Gasteiger partial charge is 0.103 e. The average Bonchev–Trinajstić information content (AvgIpc) is 2.70. The monoisotopic (exact) mass is 272 g/mol. The highest BCUT2D eigenvalue weighted by Crippen LogP contribution is 2.23. The van der Waals surface area contributed by atoms with Gasteiger partial charge in [0.2, 0.25) is 0 Å². The molecule has 0 spiro atoms. The first-order valence-electron chi connectivity index (χ1n) is 6.21. The second kappa shape index (κ2) is 6.76. The summed E-state index contributed by atoms with van der Waals surface area (Å²) in [6.07, 6.45) is 3.24. The van der Waals surface area contributed by atoms with Gasteiger partial charge < -0.3 is 5.32 Å². The van der Waals surface area contributed by atoms with E-state index in [9.17, 15) is 0 Å². The first-order valence-corrected chi connectivity index (χ1v) is 8.07. The second-order valence-corrected chi connectivity index (χ2v) is 7.98. The third-order valence-electron chi connectivity index (χ3n) is 2.46. The van der Waals surface area contributed by atoms with Crippen molar-refractivity contribution >= 4 is 23.1 Å². The SMILES string of the molecule is CCC(C)SCc1ncc(CNC(C)(C)C)s1. The van der Waals surface area contributed by atoms with E-state index in [-0.39, 0.29) is 5.54 Å². The van der Waals surface area contributed by atoms with Gasteiger partial charge in [-0.05, 0) is 27.2 Å². The quantitative estimate of drug-likeness (QED) is 0.845. The molecular formula is C13H24N2S2. The van der Waals surface area contributed by atoms with E-state index in [1.807, 2.05) is 29.3 Å². The van der Waals surface area contributed by atoms with Crippen molar-refractivity contribution in [3.8, 4) is 0 Å². The summed E-state index contributed by atoms with van der Waals surface area (Å²) < 4.78 is 0. The summed E-state index contributed by atoms with van der Waals surface area (Å²) in [7, 11) is 0. The van der Waals surface area contributed by atoms with Crippen LogP contribution in [-0.4, -0.2) is 15.8 Å². The zero-order valence-corrected chi connectivity index (χ0v) is 13.2. The average molecular weight is 272 g/mol. The van der Waals surface area contributed by atoms with E-state index in [0.717, 1.165) is 17.5 Å². The minimum Gasteiger partial charge on any atom is -0.307 e. The van der Waals surface area contributed by atoms with E-state index >= 15 is 0 Å². The molecule has 2 nitrogen and oxygen atoms in total. The molecular weight excluding hydrogens is 248 g/mol. The number of thiazole rings is 1. The van der Waals surface area contributed by atoms with Crippen LogP contribution in [0.5, 0.6) is 0 Å². The molecule has 1 aromatic rings. The maximum atomic E-state index is 4.48. The van der Waals surface area contributed by atoms with Gasteiger partial charge in [-0.15, -0.1) is 11.3 Å². The number of thioether (sulfide) groups is 1. The van der Waals surface area contributed by atoms with Crippen molar-refractivity contribution in [1.82, 2.24) is 10.3 Å². The zero-order chi connectivity index (χ0) is 12.9. The number of aromatic nitrogens is 1. The molecule has 0 aliphatic rings. The molecule has 1 heterocycles. The summed E-state index contributed by atoms with van der Waals surface area (Å²) in [5.74, 6) is 1.05. The summed E-state index contributed by atoms with van der Waals surface area (Å²) in [6, 6.07) is 0. The molecule has 0 amide bonds. The summed E-state index contributed by atoms with van der Waals surface area (Å²) in [5.41, 5.74) is 0.176. The maximum absolute atomic E-state index is 4.48. The fraction of sp³-hybridized carbons (Fsp3) is 0.769. The van der Waals surface area contributed by atoms with Crippen LogP contribution in [0.1, 0.15) is 50.9 Å². The minimum atomic E-state index is 0.176. The minimum absolute atomic E-state index is 0.176. The third-order valence-corrected chi connectivity index (χ3v) is 4.98. The predicted molar refractivity (Wildman–Crippen MR) is 79.8 cm³/mol. The molecule has 1 rings (SSSR count). The maximum Gasteiger partial charge on any atom is 0.103 e. The Morgan fingerprint density at radius 1 is 1.47 bits per heavy atom. The topological polar surface area (TPSA) is 24.9 Å². The van der Waals surface area contributed by atoms with Crippen LogP contribution >= 0.6 is 23.1 Å².